The lowest BCUT2D eigenvalue weighted by molar-refractivity contribution is 0.713. The molecular formula is C13H10BIN4O. The van der Waals surface area contributed by atoms with E-state index in [9.17, 15) is 0 Å². The average molecular weight is 376 g/mol. The second-order valence-electron chi connectivity index (χ2n) is 4.33. The van der Waals surface area contributed by atoms with Gasteiger partial charge >= 0.3 is 0 Å². The van der Waals surface area contributed by atoms with Crippen LogP contribution in [0, 0.1) is 0 Å². The maximum atomic E-state index is 5.30. The fourth-order valence-corrected chi connectivity index (χ4v) is 2.30. The van der Waals surface area contributed by atoms with Gasteiger partial charge in [-0.3, -0.25) is 0 Å². The van der Waals surface area contributed by atoms with E-state index >= 15 is 0 Å². The number of aromatic amines is 1. The quantitative estimate of drug-likeness (QED) is 0.543. The van der Waals surface area contributed by atoms with Gasteiger partial charge in [-0.15, -0.1) is 0 Å². The molecule has 0 unspecified atom stereocenters. The van der Waals surface area contributed by atoms with Crippen molar-refractivity contribution in [3.05, 3.63) is 47.9 Å². The maximum Gasteiger partial charge on any atom is 0.224 e. The Morgan fingerprint density at radius 3 is 2.90 bits per heavy atom. The highest BCUT2D eigenvalue weighted by Gasteiger charge is 2.07. The number of hydrogen-bond acceptors (Lipinski definition) is 4. The standard InChI is InChI=1S/C13H10BIN4O/c14-19-12-2-1-8(5-16-12)3-9-6-17-13-11(9)4-10(20-15)7-18-13/h1-2,4-7H,3H2,(H,16,19)(H,17,18). The second-order valence-corrected chi connectivity index (χ2v) is 4.77. The molecule has 0 aromatic carbocycles. The lowest BCUT2D eigenvalue weighted by atomic mass is 10.1. The Bertz CT molecular complexity index is 729. The third-order valence-electron chi connectivity index (χ3n) is 3.05. The van der Waals surface area contributed by atoms with Crippen molar-refractivity contribution < 1.29 is 3.07 Å². The topological polar surface area (TPSA) is 62.8 Å². The van der Waals surface area contributed by atoms with Crippen LogP contribution in [0.4, 0.5) is 5.82 Å². The lowest BCUT2D eigenvalue weighted by Crippen LogP contribution is -1.95. The Balaban J connectivity index is 1.93. The van der Waals surface area contributed by atoms with Crippen LogP contribution >= 0.6 is 23.0 Å². The number of H-pyrrole nitrogens is 1. The number of nitrogens with zero attached hydrogens (tertiary/aromatic N) is 2. The zero-order valence-corrected chi connectivity index (χ0v) is 12.6. The summed E-state index contributed by atoms with van der Waals surface area (Å²) in [6, 6.07) is 5.82. The van der Waals surface area contributed by atoms with Gasteiger partial charge in [0.2, 0.25) is 7.98 Å². The fourth-order valence-electron chi connectivity index (χ4n) is 2.06. The van der Waals surface area contributed by atoms with E-state index in [-0.39, 0.29) is 0 Å². The van der Waals surface area contributed by atoms with E-state index < -0.39 is 0 Å². The Labute approximate surface area is 131 Å². The lowest BCUT2D eigenvalue weighted by Gasteiger charge is -2.03. The van der Waals surface area contributed by atoms with Crippen LogP contribution in [0.15, 0.2) is 36.8 Å². The SMILES string of the molecule is [B]Nc1ccc(Cc2c[nH]c3ncc(OI)cc23)cn1. The van der Waals surface area contributed by atoms with Crippen LogP contribution in [0.25, 0.3) is 11.0 Å². The van der Waals surface area contributed by atoms with E-state index in [1.54, 1.807) is 12.4 Å². The third-order valence-corrected chi connectivity index (χ3v) is 3.56. The molecule has 2 N–H and O–H groups in total. The van der Waals surface area contributed by atoms with Crippen molar-refractivity contribution in [3.8, 4) is 5.75 Å². The molecule has 3 aromatic rings. The summed E-state index contributed by atoms with van der Waals surface area (Å²) in [5, 5.41) is 3.57. The van der Waals surface area contributed by atoms with Gasteiger partial charge < -0.3 is 13.3 Å². The summed E-state index contributed by atoms with van der Waals surface area (Å²) in [4.78, 5) is 11.7. The first kappa shape index (κ1) is 13.2. The molecule has 7 heteroatoms. The van der Waals surface area contributed by atoms with E-state index in [4.69, 9.17) is 11.0 Å². The summed E-state index contributed by atoms with van der Waals surface area (Å²) in [5.74, 6) is 1.38. The fraction of sp³-hybridized carbons (Fsp3) is 0.0769. The normalized spacial score (nSPS) is 10.7. The van der Waals surface area contributed by atoms with Crippen molar-refractivity contribution >= 4 is 47.8 Å². The predicted molar refractivity (Wildman–Crippen MR) is 87.2 cm³/mol. The number of halogens is 1. The molecule has 3 aromatic heterocycles. The predicted octanol–water partition coefficient (Wildman–Crippen LogP) is 2.77. The molecule has 0 aliphatic heterocycles. The Morgan fingerprint density at radius 2 is 2.20 bits per heavy atom. The van der Waals surface area contributed by atoms with Crippen LogP contribution in [0.2, 0.25) is 0 Å². The van der Waals surface area contributed by atoms with Gasteiger partial charge in [0.25, 0.3) is 0 Å². The van der Waals surface area contributed by atoms with Crippen molar-refractivity contribution in [2.24, 2.45) is 0 Å². The van der Waals surface area contributed by atoms with Crippen molar-refractivity contribution in [2.45, 2.75) is 6.42 Å². The number of pyridine rings is 2. The van der Waals surface area contributed by atoms with E-state index in [1.807, 2.05) is 47.4 Å². The highest BCUT2D eigenvalue weighted by atomic mass is 127. The molecule has 2 radical (unpaired) electrons. The smallest absolute Gasteiger partial charge is 0.224 e. The van der Waals surface area contributed by atoms with Crippen LogP contribution in [0.1, 0.15) is 11.1 Å². The van der Waals surface area contributed by atoms with Crippen LogP contribution in [-0.4, -0.2) is 22.9 Å². The molecule has 20 heavy (non-hydrogen) atoms. The second kappa shape index (κ2) is 5.70. The summed E-state index contributed by atoms with van der Waals surface area (Å²) < 4.78 is 5.19. The minimum atomic E-state index is 0.648. The average Bonchev–Trinajstić information content (AvgIpc) is 2.90. The highest BCUT2D eigenvalue weighted by Crippen LogP contribution is 2.24. The van der Waals surface area contributed by atoms with E-state index in [2.05, 4.69) is 20.2 Å². The number of fused-ring (bicyclic) bond motifs is 1. The number of aromatic nitrogens is 3. The number of rotatable bonds is 4. The van der Waals surface area contributed by atoms with Crippen LogP contribution < -0.4 is 8.29 Å². The van der Waals surface area contributed by atoms with Gasteiger partial charge in [-0.2, -0.15) is 0 Å². The van der Waals surface area contributed by atoms with Gasteiger partial charge in [0, 0.05) is 24.2 Å². The van der Waals surface area contributed by atoms with Crippen molar-refractivity contribution in [3.63, 3.8) is 0 Å². The van der Waals surface area contributed by atoms with Crippen LogP contribution in [0.3, 0.4) is 0 Å². The van der Waals surface area contributed by atoms with Crippen LogP contribution in [-0.2, 0) is 6.42 Å². The third kappa shape index (κ3) is 2.58. The van der Waals surface area contributed by atoms with Gasteiger partial charge in [0.15, 0.2) is 28.8 Å². The summed E-state index contributed by atoms with van der Waals surface area (Å²) in [6.07, 6.45) is 6.23. The highest BCUT2D eigenvalue weighted by molar-refractivity contribution is 14.1. The summed E-state index contributed by atoms with van der Waals surface area (Å²) in [5.41, 5.74) is 3.11. The van der Waals surface area contributed by atoms with Crippen molar-refractivity contribution in [2.75, 3.05) is 5.23 Å². The largest absolute Gasteiger partial charge is 0.426 e. The van der Waals surface area contributed by atoms with Crippen molar-refractivity contribution in [1.29, 1.82) is 0 Å². The van der Waals surface area contributed by atoms with Crippen molar-refractivity contribution in [1.82, 2.24) is 15.0 Å². The molecular weight excluding hydrogens is 366 g/mol. The molecule has 0 aliphatic rings. The van der Waals surface area contributed by atoms with E-state index in [1.165, 1.54) is 0 Å². The Hall–Kier alpha value is -1.77. The van der Waals surface area contributed by atoms with Gasteiger partial charge in [0.1, 0.15) is 11.5 Å². The molecule has 0 bridgehead atoms. The molecule has 0 spiro atoms. The summed E-state index contributed by atoms with van der Waals surface area (Å²) in [6.45, 7) is 0. The van der Waals surface area contributed by atoms with Gasteiger partial charge in [-0.25, -0.2) is 9.97 Å². The minimum absolute atomic E-state index is 0.648. The molecule has 0 saturated carbocycles. The number of hydrogen-bond donors (Lipinski definition) is 2. The molecule has 98 valence electrons. The molecule has 5 nitrogen and oxygen atoms in total. The monoisotopic (exact) mass is 376 g/mol. The molecule has 0 saturated heterocycles. The molecule has 3 rings (SSSR count). The zero-order valence-electron chi connectivity index (χ0n) is 10.4. The first-order chi connectivity index (χ1) is 9.80. The van der Waals surface area contributed by atoms with Crippen LogP contribution in [0.5, 0.6) is 5.75 Å². The number of nitrogens with one attached hydrogen (secondary N) is 2. The first-order valence-corrected chi connectivity index (χ1v) is 6.84. The van der Waals surface area contributed by atoms with E-state index in [0.717, 1.165) is 34.3 Å². The zero-order chi connectivity index (χ0) is 13.9. The number of anilines is 1. The first-order valence-electron chi connectivity index (χ1n) is 5.96. The molecule has 0 atom stereocenters. The maximum absolute atomic E-state index is 5.30. The molecule has 0 aliphatic carbocycles. The Kier molecular flexibility index (Phi) is 3.77. The van der Waals surface area contributed by atoms with Gasteiger partial charge in [-0.1, -0.05) is 6.07 Å². The van der Waals surface area contributed by atoms with Gasteiger partial charge in [0.05, 0.1) is 6.20 Å². The molecule has 3 heterocycles. The molecule has 0 fully saturated rings. The molecule has 0 amide bonds. The summed E-state index contributed by atoms with van der Waals surface area (Å²) in [7, 11) is 5.30. The van der Waals surface area contributed by atoms with Gasteiger partial charge in [-0.05, 0) is 23.3 Å². The Morgan fingerprint density at radius 1 is 1.30 bits per heavy atom. The summed E-state index contributed by atoms with van der Waals surface area (Å²) >= 11 is 1.85. The van der Waals surface area contributed by atoms with E-state index in [0.29, 0.717) is 5.82 Å². The minimum Gasteiger partial charge on any atom is -0.426 e.